The van der Waals surface area contributed by atoms with Crippen LogP contribution in [0.2, 0.25) is 0 Å². The summed E-state index contributed by atoms with van der Waals surface area (Å²) in [6, 6.07) is 0. The number of aryl methyl sites for hydroxylation is 1. The van der Waals surface area contributed by atoms with Gasteiger partial charge in [-0.05, 0) is 33.0 Å². The van der Waals surface area contributed by atoms with E-state index in [0.29, 0.717) is 10.8 Å². The molecule has 3 nitrogen and oxygen atoms in total. The summed E-state index contributed by atoms with van der Waals surface area (Å²) in [5, 5.41) is 3.80. The minimum absolute atomic E-state index is 0.0951. The van der Waals surface area contributed by atoms with Gasteiger partial charge >= 0.3 is 0 Å². The van der Waals surface area contributed by atoms with Crippen molar-refractivity contribution in [2.75, 3.05) is 26.4 Å². The van der Waals surface area contributed by atoms with Crippen molar-refractivity contribution in [3.8, 4) is 0 Å². The summed E-state index contributed by atoms with van der Waals surface area (Å²) < 4.78 is 26.9. The Kier molecular flexibility index (Phi) is 6.08. The second-order valence-electron chi connectivity index (χ2n) is 4.86. The van der Waals surface area contributed by atoms with Crippen LogP contribution >= 0.6 is 11.8 Å². The van der Waals surface area contributed by atoms with Gasteiger partial charge in [0.05, 0.1) is 4.90 Å². The van der Waals surface area contributed by atoms with Crippen molar-refractivity contribution in [2.45, 2.75) is 24.7 Å². The van der Waals surface area contributed by atoms with E-state index in [1.54, 1.807) is 13.2 Å². The lowest BCUT2D eigenvalue weighted by Gasteiger charge is -2.14. The molecule has 0 aliphatic heterocycles. The molecule has 0 N–H and O–H groups in total. The lowest BCUT2D eigenvalue weighted by molar-refractivity contribution is 0.142. The Morgan fingerprint density at radius 3 is 2.67 bits per heavy atom. The Morgan fingerprint density at radius 1 is 1.44 bits per heavy atom. The van der Waals surface area contributed by atoms with Crippen LogP contribution in [-0.4, -0.2) is 41.1 Å². The number of halogens is 2. The molecule has 104 valence electrons. The van der Waals surface area contributed by atoms with E-state index in [9.17, 15) is 8.78 Å². The summed E-state index contributed by atoms with van der Waals surface area (Å²) in [6.45, 7) is 3.17. The van der Waals surface area contributed by atoms with E-state index in [-0.39, 0.29) is 5.69 Å². The molecule has 1 rings (SSSR count). The maximum Gasteiger partial charge on any atom is 0.283 e. The van der Waals surface area contributed by atoms with Crippen LogP contribution in [0.25, 0.3) is 0 Å². The van der Waals surface area contributed by atoms with E-state index in [4.69, 9.17) is 0 Å². The second kappa shape index (κ2) is 7.09. The maximum absolute atomic E-state index is 12.7. The molecule has 1 atom stereocenters. The van der Waals surface area contributed by atoms with Gasteiger partial charge in [0, 0.05) is 19.0 Å². The quantitative estimate of drug-likeness (QED) is 0.715. The summed E-state index contributed by atoms with van der Waals surface area (Å²) in [6.07, 6.45) is 0.250. The van der Waals surface area contributed by atoms with Gasteiger partial charge in [-0.2, -0.15) is 5.10 Å². The van der Waals surface area contributed by atoms with Crippen molar-refractivity contribution in [1.82, 2.24) is 14.7 Å². The molecule has 0 aromatic carbocycles. The van der Waals surface area contributed by atoms with Crippen molar-refractivity contribution in [2.24, 2.45) is 13.0 Å². The van der Waals surface area contributed by atoms with Gasteiger partial charge in [0.15, 0.2) is 0 Å². The molecule has 0 saturated heterocycles. The SMILES string of the molecule is CC(CCN(C)C)CSc1cn(C)nc1C(F)F. The number of nitrogens with zero attached hydrogens (tertiary/aromatic N) is 3. The molecule has 0 saturated carbocycles. The number of hydrogen-bond acceptors (Lipinski definition) is 3. The third kappa shape index (κ3) is 4.94. The molecule has 1 aromatic heterocycles. The van der Waals surface area contributed by atoms with Crippen LogP contribution < -0.4 is 0 Å². The Morgan fingerprint density at radius 2 is 2.11 bits per heavy atom. The summed E-state index contributed by atoms with van der Waals surface area (Å²) in [5.41, 5.74) is -0.0951. The standard InChI is InChI=1S/C12H21F2N3S/c1-9(5-6-16(2)3)8-18-10-7-17(4)15-11(10)12(13)14/h7,9,12H,5-6,8H2,1-4H3. The van der Waals surface area contributed by atoms with Crippen LogP contribution in [0.3, 0.4) is 0 Å². The zero-order valence-corrected chi connectivity index (χ0v) is 12.2. The van der Waals surface area contributed by atoms with E-state index < -0.39 is 6.43 Å². The fourth-order valence-electron chi connectivity index (χ4n) is 1.54. The molecule has 0 radical (unpaired) electrons. The number of alkyl halides is 2. The minimum atomic E-state index is -2.49. The van der Waals surface area contributed by atoms with Gasteiger partial charge in [-0.1, -0.05) is 6.92 Å². The maximum atomic E-state index is 12.7. The van der Waals surface area contributed by atoms with Gasteiger partial charge in [-0.3, -0.25) is 4.68 Å². The molecule has 0 spiro atoms. The predicted octanol–water partition coefficient (Wildman–Crippen LogP) is 3.04. The molecular formula is C12H21F2N3S. The van der Waals surface area contributed by atoms with Crippen LogP contribution in [0.4, 0.5) is 8.78 Å². The number of hydrogen-bond donors (Lipinski definition) is 0. The Hall–Kier alpha value is -0.620. The van der Waals surface area contributed by atoms with Crippen molar-refractivity contribution >= 4 is 11.8 Å². The number of aromatic nitrogens is 2. The molecule has 1 aromatic rings. The highest BCUT2D eigenvalue weighted by Gasteiger charge is 2.18. The normalized spacial score (nSPS) is 13.6. The lowest BCUT2D eigenvalue weighted by atomic mass is 10.1. The highest BCUT2D eigenvalue weighted by atomic mass is 32.2. The zero-order chi connectivity index (χ0) is 13.7. The first kappa shape index (κ1) is 15.4. The second-order valence-corrected chi connectivity index (χ2v) is 5.92. The first-order valence-corrected chi connectivity index (χ1v) is 6.98. The van der Waals surface area contributed by atoms with E-state index in [1.807, 2.05) is 14.1 Å². The molecule has 0 amide bonds. The van der Waals surface area contributed by atoms with E-state index in [0.717, 1.165) is 18.7 Å². The first-order valence-electron chi connectivity index (χ1n) is 5.99. The van der Waals surface area contributed by atoms with Crippen molar-refractivity contribution in [3.63, 3.8) is 0 Å². The van der Waals surface area contributed by atoms with Gasteiger partial charge in [0.2, 0.25) is 0 Å². The van der Waals surface area contributed by atoms with Crippen molar-refractivity contribution in [1.29, 1.82) is 0 Å². The minimum Gasteiger partial charge on any atom is -0.309 e. The molecular weight excluding hydrogens is 256 g/mol. The third-order valence-electron chi connectivity index (χ3n) is 2.62. The van der Waals surface area contributed by atoms with Crippen molar-refractivity contribution < 1.29 is 8.78 Å². The summed E-state index contributed by atoms with van der Waals surface area (Å²) >= 11 is 1.47. The fraction of sp³-hybridized carbons (Fsp3) is 0.750. The molecule has 6 heteroatoms. The molecule has 1 heterocycles. The molecule has 0 fully saturated rings. The average Bonchev–Trinajstić information content (AvgIpc) is 2.65. The topological polar surface area (TPSA) is 21.1 Å². The molecule has 0 bridgehead atoms. The number of thioether (sulfide) groups is 1. The summed E-state index contributed by atoms with van der Waals surface area (Å²) in [4.78, 5) is 2.74. The molecule has 0 aliphatic carbocycles. The van der Waals surface area contributed by atoms with Crippen molar-refractivity contribution in [3.05, 3.63) is 11.9 Å². The van der Waals surface area contributed by atoms with E-state index >= 15 is 0 Å². The Labute approximate surface area is 112 Å². The van der Waals surface area contributed by atoms with Gasteiger partial charge in [-0.15, -0.1) is 11.8 Å². The first-order chi connectivity index (χ1) is 8.40. The Bertz CT molecular complexity index is 366. The smallest absolute Gasteiger partial charge is 0.283 e. The van der Waals surface area contributed by atoms with Crippen LogP contribution in [0.1, 0.15) is 25.5 Å². The van der Waals surface area contributed by atoms with Crippen LogP contribution in [0.15, 0.2) is 11.1 Å². The molecule has 1 unspecified atom stereocenters. The molecule has 0 aliphatic rings. The van der Waals surface area contributed by atoms with E-state index in [2.05, 4.69) is 16.9 Å². The van der Waals surface area contributed by atoms with Crippen LogP contribution in [0, 0.1) is 5.92 Å². The van der Waals surface area contributed by atoms with Gasteiger partial charge < -0.3 is 4.90 Å². The highest BCUT2D eigenvalue weighted by molar-refractivity contribution is 7.99. The molecule has 18 heavy (non-hydrogen) atoms. The third-order valence-corrected chi connectivity index (χ3v) is 3.98. The highest BCUT2D eigenvalue weighted by Crippen LogP contribution is 2.30. The van der Waals surface area contributed by atoms with Gasteiger partial charge in [0.1, 0.15) is 5.69 Å². The monoisotopic (exact) mass is 277 g/mol. The van der Waals surface area contributed by atoms with E-state index in [1.165, 1.54) is 16.4 Å². The fourth-order valence-corrected chi connectivity index (χ4v) is 2.68. The summed E-state index contributed by atoms with van der Waals surface area (Å²) in [5.74, 6) is 1.35. The Balaban J connectivity index is 2.47. The van der Waals surface area contributed by atoms with Crippen LogP contribution in [0.5, 0.6) is 0 Å². The van der Waals surface area contributed by atoms with Crippen LogP contribution in [-0.2, 0) is 7.05 Å². The lowest BCUT2D eigenvalue weighted by Crippen LogP contribution is -2.16. The zero-order valence-electron chi connectivity index (χ0n) is 11.4. The number of rotatable bonds is 7. The summed E-state index contributed by atoms with van der Waals surface area (Å²) in [7, 11) is 5.75. The van der Waals surface area contributed by atoms with Gasteiger partial charge in [-0.25, -0.2) is 8.78 Å². The van der Waals surface area contributed by atoms with Gasteiger partial charge in [0.25, 0.3) is 6.43 Å². The average molecular weight is 277 g/mol. The predicted molar refractivity (Wildman–Crippen MR) is 71.2 cm³/mol. The largest absolute Gasteiger partial charge is 0.309 e.